The molecule has 0 aromatic carbocycles. The number of urea groups is 1. The standard InChI is InChI=1S/C15H27N3O/c19-15(17-10-2-1-3-11-17)18-12-4-5-14(18)13-6-8-16-9-7-13/h13-14,16H,1-12H2. The first kappa shape index (κ1) is 13.2. The number of carbonyl (C=O) groups excluding carboxylic acids is 1. The molecular weight excluding hydrogens is 238 g/mol. The molecule has 0 aromatic rings. The molecule has 2 amide bonds. The summed E-state index contributed by atoms with van der Waals surface area (Å²) in [7, 11) is 0. The zero-order chi connectivity index (χ0) is 13.1. The van der Waals surface area contributed by atoms with Gasteiger partial charge in [-0.25, -0.2) is 4.79 Å². The molecule has 3 saturated heterocycles. The van der Waals surface area contributed by atoms with Gasteiger partial charge in [0, 0.05) is 25.7 Å². The van der Waals surface area contributed by atoms with Crippen LogP contribution in [0.25, 0.3) is 0 Å². The average Bonchev–Trinajstić information content (AvgIpc) is 2.98. The van der Waals surface area contributed by atoms with Crippen molar-refractivity contribution in [2.24, 2.45) is 5.92 Å². The fraction of sp³-hybridized carbons (Fsp3) is 0.933. The van der Waals surface area contributed by atoms with Gasteiger partial charge >= 0.3 is 6.03 Å². The number of rotatable bonds is 1. The number of likely N-dealkylation sites (tertiary alicyclic amines) is 2. The third kappa shape index (κ3) is 2.88. The van der Waals surface area contributed by atoms with Crippen LogP contribution in [0.4, 0.5) is 4.79 Å². The zero-order valence-corrected chi connectivity index (χ0v) is 11.9. The summed E-state index contributed by atoms with van der Waals surface area (Å²) < 4.78 is 0. The molecule has 0 saturated carbocycles. The highest BCUT2D eigenvalue weighted by Gasteiger charge is 2.37. The lowest BCUT2D eigenvalue weighted by atomic mass is 9.89. The van der Waals surface area contributed by atoms with Gasteiger partial charge in [0.05, 0.1) is 0 Å². The van der Waals surface area contributed by atoms with Gasteiger partial charge in [-0.3, -0.25) is 0 Å². The van der Waals surface area contributed by atoms with E-state index in [0.717, 1.165) is 38.6 Å². The lowest BCUT2D eigenvalue weighted by molar-refractivity contribution is 0.118. The van der Waals surface area contributed by atoms with Crippen molar-refractivity contribution >= 4 is 6.03 Å². The Morgan fingerprint density at radius 2 is 1.63 bits per heavy atom. The van der Waals surface area contributed by atoms with E-state index in [0.29, 0.717) is 12.1 Å². The van der Waals surface area contributed by atoms with Crippen LogP contribution in [0.2, 0.25) is 0 Å². The maximum absolute atomic E-state index is 12.7. The Morgan fingerprint density at radius 3 is 2.37 bits per heavy atom. The van der Waals surface area contributed by atoms with Crippen molar-refractivity contribution in [3.63, 3.8) is 0 Å². The highest BCUT2D eigenvalue weighted by molar-refractivity contribution is 5.75. The minimum Gasteiger partial charge on any atom is -0.325 e. The highest BCUT2D eigenvalue weighted by atomic mass is 16.2. The van der Waals surface area contributed by atoms with Gasteiger partial charge in [0.25, 0.3) is 0 Å². The number of hydrogen-bond donors (Lipinski definition) is 1. The Kier molecular flexibility index (Phi) is 4.26. The second-order valence-corrected chi connectivity index (χ2v) is 6.32. The Hall–Kier alpha value is -0.770. The number of amides is 2. The molecule has 1 unspecified atom stereocenters. The Labute approximate surface area is 116 Å². The lowest BCUT2D eigenvalue weighted by Gasteiger charge is -2.38. The quantitative estimate of drug-likeness (QED) is 0.787. The largest absolute Gasteiger partial charge is 0.325 e. The predicted molar refractivity (Wildman–Crippen MR) is 76.1 cm³/mol. The SMILES string of the molecule is O=C(N1CCCCC1)N1CCCC1C1CCNCC1. The molecule has 1 atom stereocenters. The first-order chi connectivity index (χ1) is 9.36. The molecule has 4 nitrogen and oxygen atoms in total. The van der Waals surface area contributed by atoms with E-state index in [1.807, 2.05) is 0 Å². The molecule has 0 radical (unpaired) electrons. The van der Waals surface area contributed by atoms with E-state index < -0.39 is 0 Å². The van der Waals surface area contributed by atoms with Crippen LogP contribution in [0.5, 0.6) is 0 Å². The van der Waals surface area contributed by atoms with Crippen molar-refractivity contribution in [2.45, 2.75) is 51.0 Å². The zero-order valence-electron chi connectivity index (χ0n) is 11.9. The van der Waals surface area contributed by atoms with E-state index in [1.54, 1.807) is 0 Å². The molecule has 0 aromatic heterocycles. The van der Waals surface area contributed by atoms with Crippen LogP contribution in [0.3, 0.4) is 0 Å². The smallest absolute Gasteiger partial charge is 0.320 e. The molecular formula is C15H27N3O. The molecule has 1 N–H and O–H groups in total. The summed E-state index contributed by atoms with van der Waals surface area (Å²) in [4.78, 5) is 17.0. The molecule has 3 heterocycles. The van der Waals surface area contributed by atoms with E-state index in [4.69, 9.17) is 0 Å². The van der Waals surface area contributed by atoms with Gasteiger partial charge in [0.1, 0.15) is 0 Å². The summed E-state index contributed by atoms with van der Waals surface area (Å²) >= 11 is 0. The summed E-state index contributed by atoms with van der Waals surface area (Å²) in [6.45, 7) is 5.21. The topological polar surface area (TPSA) is 35.6 Å². The van der Waals surface area contributed by atoms with Crippen molar-refractivity contribution in [3.8, 4) is 0 Å². The molecule has 3 rings (SSSR count). The molecule has 108 valence electrons. The number of nitrogens with one attached hydrogen (secondary N) is 1. The Bertz CT molecular complexity index is 309. The van der Waals surface area contributed by atoms with Gasteiger partial charge < -0.3 is 15.1 Å². The monoisotopic (exact) mass is 265 g/mol. The van der Waals surface area contributed by atoms with E-state index in [-0.39, 0.29) is 0 Å². The van der Waals surface area contributed by atoms with Crippen LogP contribution in [-0.2, 0) is 0 Å². The van der Waals surface area contributed by atoms with Gasteiger partial charge in [-0.2, -0.15) is 0 Å². The van der Waals surface area contributed by atoms with Gasteiger partial charge in [-0.1, -0.05) is 0 Å². The van der Waals surface area contributed by atoms with E-state index in [2.05, 4.69) is 15.1 Å². The number of nitrogens with zero attached hydrogens (tertiary/aromatic N) is 2. The predicted octanol–water partition coefficient (Wildman–Crippen LogP) is 2.06. The van der Waals surface area contributed by atoms with E-state index >= 15 is 0 Å². The molecule has 0 aliphatic carbocycles. The van der Waals surface area contributed by atoms with Crippen molar-refractivity contribution in [3.05, 3.63) is 0 Å². The Balaban J connectivity index is 1.62. The van der Waals surface area contributed by atoms with Gasteiger partial charge in [-0.15, -0.1) is 0 Å². The molecule has 0 spiro atoms. The van der Waals surface area contributed by atoms with Crippen molar-refractivity contribution in [1.82, 2.24) is 15.1 Å². The van der Waals surface area contributed by atoms with Crippen molar-refractivity contribution < 1.29 is 4.79 Å². The minimum atomic E-state index is 0.334. The maximum Gasteiger partial charge on any atom is 0.320 e. The summed E-state index contributed by atoms with van der Waals surface area (Å²) in [5.74, 6) is 0.734. The van der Waals surface area contributed by atoms with E-state index in [1.165, 1.54) is 44.9 Å². The van der Waals surface area contributed by atoms with Crippen molar-refractivity contribution in [1.29, 1.82) is 0 Å². The molecule has 3 fully saturated rings. The fourth-order valence-electron chi connectivity index (χ4n) is 4.02. The third-order valence-electron chi connectivity index (χ3n) is 5.10. The van der Waals surface area contributed by atoms with E-state index in [9.17, 15) is 4.79 Å². The molecule has 19 heavy (non-hydrogen) atoms. The Morgan fingerprint density at radius 1 is 0.895 bits per heavy atom. The number of hydrogen-bond acceptors (Lipinski definition) is 2. The fourth-order valence-corrected chi connectivity index (χ4v) is 4.02. The second kappa shape index (κ2) is 6.12. The third-order valence-corrected chi connectivity index (χ3v) is 5.10. The first-order valence-electron chi connectivity index (χ1n) is 8.12. The number of piperidine rings is 2. The normalized spacial score (nSPS) is 29.8. The van der Waals surface area contributed by atoms with Crippen LogP contribution in [0.1, 0.15) is 44.9 Å². The van der Waals surface area contributed by atoms with Gasteiger partial charge in [0.15, 0.2) is 0 Å². The van der Waals surface area contributed by atoms with Gasteiger partial charge in [0.2, 0.25) is 0 Å². The lowest BCUT2D eigenvalue weighted by Crippen LogP contribution is -2.50. The van der Waals surface area contributed by atoms with Gasteiger partial charge in [-0.05, 0) is 64.0 Å². The number of carbonyl (C=O) groups is 1. The highest BCUT2D eigenvalue weighted by Crippen LogP contribution is 2.30. The van der Waals surface area contributed by atoms with Crippen molar-refractivity contribution in [2.75, 3.05) is 32.7 Å². The maximum atomic E-state index is 12.7. The average molecular weight is 265 g/mol. The molecule has 4 heteroatoms. The summed E-state index contributed by atoms with van der Waals surface area (Å²) in [5, 5.41) is 3.43. The summed E-state index contributed by atoms with van der Waals surface area (Å²) in [6, 6.07) is 0.859. The summed E-state index contributed by atoms with van der Waals surface area (Å²) in [5.41, 5.74) is 0. The van der Waals surface area contributed by atoms with Crippen LogP contribution in [0, 0.1) is 5.92 Å². The van der Waals surface area contributed by atoms with Crippen LogP contribution >= 0.6 is 0 Å². The summed E-state index contributed by atoms with van der Waals surface area (Å²) in [6.07, 6.45) is 8.60. The van der Waals surface area contributed by atoms with Crippen LogP contribution < -0.4 is 5.32 Å². The molecule has 3 aliphatic heterocycles. The minimum absolute atomic E-state index is 0.334. The molecule has 0 bridgehead atoms. The second-order valence-electron chi connectivity index (χ2n) is 6.32. The first-order valence-corrected chi connectivity index (χ1v) is 8.12. The van der Waals surface area contributed by atoms with Crippen LogP contribution in [-0.4, -0.2) is 54.6 Å². The molecule has 3 aliphatic rings. The van der Waals surface area contributed by atoms with Crippen LogP contribution in [0.15, 0.2) is 0 Å².